The van der Waals surface area contributed by atoms with E-state index in [4.69, 9.17) is 5.73 Å². The zero-order chi connectivity index (χ0) is 18.2. The first kappa shape index (κ1) is 29.9. The summed E-state index contributed by atoms with van der Waals surface area (Å²) in [5, 5.41) is 0. The first-order chi connectivity index (χ1) is 10.5. The fourth-order valence-electron chi connectivity index (χ4n) is 1.79. The average Bonchev–Trinajstić information content (AvgIpc) is 2.53. The van der Waals surface area contributed by atoms with Gasteiger partial charge in [0, 0.05) is 6.04 Å². The van der Waals surface area contributed by atoms with Crippen LogP contribution in [0.3, 0.4) is 0 Å². The molecule has 0 aromatic heterocycles. The first-order valence-electron chi connectivity index (χ1n) is 10.3. The zero-order valence-corrected chi connectivity index (χ0v) is 17.8. The molecule has 0 saturated heterocycles. The fourth-order valence-corrected chi connectivity index (χ4v) is 1.79. The van der Waals surface area contributed by atoms with Gasteiger partial charge in [-0.3, -0.25) is 0 Å². The molecule has 0 aromatic carbocycles. The molecule has 0 spiro atoms. The molecular weight excluding hydrogens is 266 g/mol. The minimum atomic E-state index is 0.392. The van der Waals surface area contributed by atoms with Crippen LogP contribution in [-0.2, 0) is 0 Å². The van der Waals surface area contributed by atoms with Crippen LogP contribution >= 0.6 is 0 Å². The molecule has 0 heterocycles. The smallest absolute Gasteiger partial charge is 0.00387 e. The minimum Gasteiger partial charge on any atom is -0.328 e. The average molecular weight is 318 g/mol. The van der Waals surface area contributed by atoms with Crippen molar-refractivity contribution in [3.63, 3.8) is 0 Å². The molecule has 0 aromatic rings. The Bertz CT molecular complexity index is 130. The predicted octanol–water partition coefficient (Wildman–Crippen LogP) is 7.97. The van der Waals surface area contributed by atoms with Gasteiger partial charge < -0.3 is 5.73 Å². The molecule has 22 heavy (non-hydrogen) atoms. The maximum absolute atomic E-state index is 5.96. The highest BCUT2D eigenvalue weighted by Crippen LogP contribution is 2.19. The Labute approximate surface area is 144 Å². The Hall–Kier alpha value is -0.0400. The van der Waals surface area contributed by atoms with E-state index in [1.54, 1.807) is 0 Å². The third-order valence-electron chi connectivity index (χ3n) is 3.35. The molecule has 0 aliphatic rings. The van der Waals surface area contributed by atoms with Crippen LogP contribution in [0.1, 0.15) is 127 Å². The van der Waals surface area contributed by atoms with E-state index in [2.05, 4.69) is 48.5 Å². The topological polar surface area (TPSA) is 26.0 Å². The van der Waals surface area contributed by atoms with Crippen LogP contribution < -0.4 is 5.73 Å². The predicted molar refractivity (Wildman–Crippen MR) is 109 cm³/mol. The van der Waals surface area contributed by atoms with Crippen molar-refractivity contribution in [3.05, 3.63) is 0 Å². The Morgan fingerprint density at radius 2 is 1.00 bits per heavy atom. The maximum Gasteiger partial charge on any atom is 0.00387 e. The molecule has 2 unspecified atom stereocenters. The van der Waals surface area contributed by atoms with E-state index in [1.807, 2.05) is 13.8 Å². The fraction of sp³-hybridized carbons (Fsp3) is 1.00. The van der Waals surface area contributed by atoms with Gasteiger partial charge in [-0.15, -0.1) is 0 Å². The lowest BCUT2D eigenvalue weighted by atomic mass is 9.90. The highest BCUT2D eigenvalue weighted by Gasteiger charge is 2.11. The highest BCUT2D eigenvalue weighted by atomic mass is 14.6. The van der Waals surface area contributed by atoms with E-state index in [0.717, 1.165) is 5.92 Å². The van der Waals surface area contributed by atoms with E-state index >= 15 is 0 Å². The molecule has 1 heteroatoms. The van der Waals surface area contributed by atoms with Crippen molar-refractivity contribution >= 4 is 0 Å². The van der Waals surface area contributed by atoms with Crippen LogP contribution in [0, 0.1) is 5.92 Å². The second kappa shape index (κ2) is 32.8. The molecule has 2 N–H and O–H groups in total. The molecule has 0 saturated carbocycles. The van der Waals surface area contributed by atoms with Crippen molar-refractivity contribution in [2.75, 3.05) is 0 Å². The maximum atomic E-state index is 5.96. The lowest BCUT2D eigenvalue weighted by Crippen LogP contribution is -2.26. The van der Waals surface area contributed by atoms with Gasteiger partial charge in [0.1, 0.15) is 0 Å². The van der Waals surface area contributed by atoms with Gasteiger partial charge in [-0.05, 0) is 25.7 Å². The summed E-state index contributed by atoms with van der Waals surface area (Å²) in [5.41, 5.74) is 5.96. The lowest BCUT2D eigenvalue weighted by molar-refractivity contribution is 0.362. The van der Waals surface area contributed by atoms with Crippen LogP contribution in [-0.4, -0.2) is 6.04 Å². The van der Waals surface area contributed by atoms with Gasteiger partial charge in [0.25, 0.3) is 0 Å². The van der Waals surface area contributed by atoms with Crippen molar-refractivity contribution in [3.8, 4) is 0 Å². The summed E-state index contributed by atoms with van der Waals surface area (Å²) in [4.78, 5) is 0. The van der Waals surface area contributed by atoms with E-state index in [-0.39, 0.29) is 0 Å². The van der Waals surface area contributed by atoms with E-state index in [0.29, 0.717) is 6.04 Å². The third-order valence-corrected chi connectivity index (χ3v) is 3.35. The second-order valence-electron chi connectivity index (χ2n) is 5.96. The number of nitrogens with two attached hydrogens (primary N) is 1. The van der Waals surface area contributed by atoms with Gasteiger partial charge in [0.2, 0.25) is 0 Å². The summed E-state index contributed by atoms with van der Waals surface area (Å²) in [6.07, 6.45) is 13.3. The Morgan fingerprint density at radius 3 is 1.27 bits per heavy atom. The van der Waals surface area contributed by atoms with Crippen LogP contribution in [0.5, 0.6) is 0 Å². The van der Waals surface area contributed by atoms with Crippen molar-refractivity contribution < 1.29 is 0 Å². The normalized spacial score (nSPS) is 11.7. The molecular formula is C21H51N. The summed E-state index contributed by atoms with van der Waals surface area (Å²) in [6.45, 7) is 19.3. The Kier molecular flexibility index (Phi) is 44.6. The first-order valence-corrected chi connectivity index (χ1v) is 10.3. The molecule has 0 radical (unpaired) electrons. The van der Waals surface area contributed by atoms with E-state index in [9.17, 15) is 0 Å². The molecule has 140 valence electrons. The van der Waals surface area contributed by atoms with Gasteiger partial charge >= 0.3 is 0 Å². The highest BCUT2D eigenvalue weighted by molar-refractivity contribution is 4.68. The molecule has 0 rings (SSSR count). The van der Waals surface area contributed by atoms with Crippen molar-refractivity contribution in [1.82, 2.24) is 0 Å². The summed E-state index contributed by atoms with van der Waals surface area (Å²) in [5.74, 6) is 0.770. The molecule has 2 atom stereocenters. The second-order valence-corrected chi connectivity index (χ2v) is 5.96. The molecule has 0 fully saturated rings. The van der Waals surface area contributed by atoms with Gasteiger partial charge in [-0.2, -0.15) is 0 Å². The summed E-state index contributed by atoms with van der Waals surface area (Å²) in [6, 6.07) is 0.392. The summed E-state index contributed by atoms with van der Waals surface area (Å²) in [7, 11) is 0. The molecule has 0 amide bonds. The number of hydrogen-bond donors (Lipinski definition) is 1. The third kappa shape index (κ3) is 36.8. The molecule has 0 aliphatic heterocycles. The van der Waals surface area contributed by atoms with Crippen LogP contribution in [0.4, 0.5) is 0 Å². The van der Waals surface area contributed by atoms with Crippen LogP contribution in [0.25, 0.3) is 0 Å². The Balaban J connectivity index is -0.000000149. The van der Waals surface area contributed by atoms with Gasteiger partial charge in [-0.25, -0.2) is 0 Å². The quantitative estimate of drug-likeness (QED) is 0.429. The standard InChI is InChI=1S/C12H27N.C4H10.C3H8.C2H6/c1-4-6-8-10-12(11(3)13)9-7-5-2;1-3-4-2;1-3-2;1-2/h11-12H,4-10,13H2,1-3H3;3-4H2,1-2H3;3H2,1-2H3;1-2H3. The van der Waals surface area contributed by atoms with Gasteiger partial charge in [0.05, 0.1) is 0 Å². The molecule has 1 nitrogen and oxygen atoms in total. The minimum absolute atomic E-state index is 0.392. The number of rotatable bonds is 9. The monoisotopic (exact) mass is 317 g/mol. The van der Waals surface area contributed by atoms with Crippen molar-refractivity contribution in [2.45, 2.75) is 133 Å². The zero-order valence-electron chi connectivity index (χ0n) is 17.8. The summed E-state index contributed by atoms with van der Waals surface area (Å²) >= 11 is 0. The van der Waals surface area contributed by atoms with E-state index in [1.165, 1.54) is 64.2 Å². The molecule has 0 bridgehead atoms. The van der Waals surface area contributed by atoms with Crippen molar-refractivity contribution in [2.24, 2.45) is 11.7 Å². The number of hydrogen-bond acceptors (Lipinski definition) is 1. The molecule has 0 aliphatic carbocycles. The van der Waals surface area contributed by atoms with E-state index < -0.39 is 0 Å². The number of unbranched alkanes of at least 4 members (excludes halogenated alkanes) is 4. The summed E-state index contributed by atoms with van der Waals surface area (Å²) < 4.78 is 0. The Morgan fingerprint density at radius 1 is 0.636 bits per heavy atom. The van der Waals surface area contributed by atoms with Gasteiger partial charge in [-0.1, -0.05) is 107 Å². The van der Waals surface area contributed by atoms with Crippen LogP contribution in [0.2, 0.25) is 0 Å². The lowest BCUT2D eigenvalue weighted by Gasteiger charge is -2.20. The SMILES string of the molecule is CC.CCC.CCCC.CCCCCC(CCCC)C(C)N. The van der Waals surface area contributed by atoms with Crippen LogP contribution in [0.15, 0.2) is 0 Å². The largest absolute Gasteiger partial charge is 0.328 e. The van der Waals surface area contributed by atoms with Gasteiger partial charge in [0.15, 0.2) is 0 Å². The van der Waals surface area contributed by atoms with Crippen molar-refractivity contribution in [1.29, 1.82) is 0 Å².